The van der Waals surface area contributed by atoms with Crippen molar-refractivity contribution in [2.75, 3.05) is 11.1 Å². The lowest BCUT2D eigenvalue weighted by molar-refractivity contribution is 0.261. The van der Waals surface area contributed by atoms with Gasteiger partial charge in [0.15, 0.2) is 0 Å². The molecule has 0 saturated heterocycles. The monoisotopic (exact) mass is 243 g/mol. The van der Waals surface area contributed by atoms with Gasteiger partial charge in [0.05, 0.1) is 5.56 Å². The number of nitriles is 1. The molecule has 18 heavy (non-hydrogen) atoms. The summed E-state index contributed by atoms with van der Waals surface area (Å²) in [4.78, 5) is 0. The van der Waals surface area contributed by atoms with Crippen molar-refractivity contribution < 1.29 is 0 Å². The summed E-state index contributed by atoms with van der Waals surface area (Å²) in [7, 11) is 0. The van der Waals surface area contributed by atoms with Gasteiger partial charge >= 0.3 is 0 Å². The Hall–Kier alpha value is -1.69. The highest BCUT2D eigenvalue weighted by Gasteiger charge is 2.24. The Morgan fingerprint density at radius 2 is 2.06 bits per heavy atom. The Balaban J connectivity index is 2.04. The molecule has 3 unspecified atom stereocenters. The molecular weight excluding hydrogens is 222 g/mol. The first kappa shape index (κ1) is 12.8. The van der Waals surface area contributed by atoms with Gasteiger partial charge in [-0.15, -0.1) is 0 Å². The van der Waals surface area contributed by atoms with Gasteiger partial charge in [0.2, 0.25) is 0 Å². The average molecular weight is 243 g/mol. The predicted molar refractivity (Wildman–Crippen MR) is 75.2 cm³/mol. The second-order valence-corrected chi connectivity index (χ2v) is 5.52. The van der Waals surface area contributed by atoms with Crippen LogP contribution in [0, 0.1) is 23.2 Å². The molecule has 0 heterocycles. The zero-order valence-electron chi connectivity index (χ0n) is 11.1. The summed E-state index contributed by atoms with van der Waals surface area (Å²) in [5.41, 5.74) is 7.83. The molecule has 3 heteroatoms. The summed E-state index contributed by atoms with van der Waals surface area (Å²) >= 11 is 0. The Morgan fingerprint density at radius 3 is 2.72 bits per heavy atom. The van der Waals surface area contributed by atoms with Crippen molar-refractivity contribution in [1.29, 1.82) is 5.26 Å². The van der Waals surface area contributed by atoms with Crippen LogP contribution in [0.25, 0.3) is 0 Å². The number of hydrogen-bond donors (Lipinski definition) is 2. The topological polar surface area (TPSA) is 61.8 Å². The van der Waals surface area contributed by atoms with E-state index in [4.69, 9.17) is 11.0 Å². The molecule has 0 aliphatic heterocycles. The van der Waals surface area contributed by atoms with Crippen LogP contribution in [0.3, 0.4) is 0 Å². The van der Waals surface area contributed by atoms with Crippen molar-refractivity contribution in [2.45, 2.75) is 39.2 Å². The zero-order valence-corrected chi connectivity index (χ0v) is 11.1. The van der Waals surface area contributed by atoms with Crippen molar-refractivity contribution in [2.24, 2.45) is 11.8 Å². The number of anilines is 2. The van der Waals surface area contributed by atoms with E-state index >= 15 is 0 Å². The summed E-state index contributed by atoms with van der Waals surface area (Å²) in [6.07, 6.45) is 3.68. The molecule has 0 bridgehead atoms. The van der Waals surface area contributed by atoms with Crippen molar-refractivity contribution in [3.05, 3.63) is 23.8 Å². The number of nitrogens with zero attached hydrogens (tertiary/aromatic N) is 1. The first-order valence-corrected chi connectivity index (χ1v) is 6.66. The quantitative estimate of drug-likeness (QED) is 0.783. The van der Waals surface area contributed by atoms with E-state index in [2.05, 4.69) is 25.2 Å². The fourth-order valence-electron chi connectivity index (χ4n) is 2.66. The molecular formula is C15H21N3. The first-order valence-electron chi connectivity index (χ1n) is 6.66. The molecule has 1 saturated carbocycles. The Bertz CT molecular complexity index is 461. The first-order chi connectivity index (χ1) is 8.60. The molecule has 3 N–H and O–H groups in total. The van der Waals surface area contributed by atoms with Crippen molar-refractivity contribution in [1.82, 2.24) is 0 Å². The molecule has 0 aromatic heterocycles. The van der Waals surface area contributed by atoms with Crippen molar-refractivity contribution >= 4 is 11.4 Å². The third-order valence-corrected chi connectivity index (χ3v) is 4.14. The Morgan fingerprint density at radius 1 is 1.28 bits per heavy atom. The molecule has 2 rings (SSSR count). The van der Waals surface area contributed by atoms with E-state index in [0.29, 0.717) is 17.3 Å². The lowest BCUT2D eigenvalue weighted by atomic mass is 9.79. The van der Waals surface area contributed by atoms with E-state index in [1.165, 1.54) is 19.3 Å². The van der Waals surface area contributed by atoms with Crippen molar-refractivity contribution in [3.8, 4) is 6.07 Å². The standard InChI is InChI=1S/C15H21N3/c1-10-3-4-13(7-11(10)2)18-14-5-6-15(17)12(8-14)9-16/h5-6,8,10-11,13,18H,3-4,7,17H2,1-2H3. The minimum Gasteiger partial charge on any atom is -0.398 e. The number of nitrogen functional groups attached to an aromatic ring is 1. The SMILES string of the molecule is CC1CCC(Nc2ccc(N)c(C#N)c2)CC1C. The Labute approximate surface area is 109 Å². The van der Waals surface area contributed by atoms with Gasteiger partial charge in [-0.05, 0) is 49.3 Å². The summed E-state index contributed by atoms with van der Waals surface area (Å²) in [5.74, 6) is 1.59. The second-order valence-electron chi connectivity index (χ2n) is 5.52. The van der Waals surface area contributed by atoms with E-state index in [0.717, 1.165) is 17.5 Å². The maximum absolute atomic E-state index is 8.97. The van der Waals surface area contributed by atoms with E-state index < -0.39 is 0 Å². The molecule has 1 aliphatic carbocycles. The van der Waals surface area contributed by atoms with Gasteiger partial charge < -0.3 is 11.1 Å². The maximum atomic E-state index is 8.97. The summed E-state index contributed by atoms with van der Waals surface area (Å²) in [5, 5.41) is 12.5. The average Bonchev–Trinajstić information content (AvgIpc) is 2.36. The largest absolute Gasteiger partial charge is 0.398 e. The lowest BCUT2D eigenvalue weighted by Gasteiger charge is -2.33. The van der Waals surface area contributed by atoms with Crippen molar-refractivity contribution in [3.63, 3.8) is 0 Å². The normalized spacial score (nSPS) is 27.5. The third kappa shape index (κ3) is 2.76. The highest BCUT2D eigenvalue weighted by molar-refractivity contribution is 5.62. The van der Waals surface area contributed by atoms with Crippen LogP contribution in [0.4, 0.5) is 11.4 Å². The van der Waals surface area contributed by atoms with Crippen LogP contribution in [0.1, 0.15) is 38.7 Å². The molecule has 1 fully saturated rings. The third-order valence-electron chi connectivity index (χ3n) is 4.14. The van der Waals surface area contributed by atoms with E-state index in [1.807, 2.05) is 12.1 Å². The van der Waals surface area contributed by atoms with E-state index in [-0.39, 0.29) is 0 Å². The predicted octanol–water partition coefficient (Wildman–Crippen LogP) is 3.38. The fraction of sp³-hybridized carbons (Fsp3) is 0.533. The van der Waals surface area contributed by atoms with Crippen LogP contribution in [0.15, 0.2) is 18.2 Å². The molecule has 1 aliphatic rings. The molecule has 1 aromatic carbocycles. The van der Waals surface area contributed by atoms with Gasteiger partial charge in [0.1, 0.15) is 6.07 Å². The Kier molecular flexibility index (Phi) is 3.76. The number of nitrogens with two attached hydrogens (primary N) is 1. The molecule has 1 aromatic rings. The van der Waals surface area contributed by atoms with Gasteiger partial charge in [-0.3, -0.25) is 0 Å². The lowest BCUT2D eigenvalue weighted by Crippen LogP contribution is -2.30. The minimum atomic E-state index is 0.520. The molecule has 3 nitrogen and oxygen atoms in total. The highest BCUT2D eigenvalue weighted by atomic mass is 14.9. The van der Waals surface area contributed by atoms with Crippen LogP contribution >= 0.6 is 0 Å². The van der Waals surface area contributed by atoms with Crippen LogP contribution in [0.5, 0.6) is 0 Å². The van der Waals surface area contributed by atoms with Crippen LogP contribution < -0.4 is 11.1 Å². The fourth-order valence-corrected chi connectivity index (χ4v) is 2.66. The summed E-state index contributed by atoms with van der Waals surface area (Å²) in [6.45, 7) is 4.65. The van der Waals surface area contributed by atoms with Gasteiger partial charge in [-0.2, -0.15) is 5.26 Å². The van der Waals surface area contributed by atoms with E-state index in [1.54, 1.807) is 6.07 Å². The number of nitrogens with one attached hydrogen (secondary N) is 1. The minimum absolute atomic E-state index is 0.520. The second kappa shape index (κ2) is 5.30. The van der Waals surface area contributed by atoms with Crippen LogP contribution in [0.2, 0.25) is 0 Å². The van der Waals surface area contributed by atoms with Gasteiger partial charge in [0.25, 0.3) is 0 Å². The van der Waals surface area contributed by atoms with Gasteiger partial charge in [0, 0.05) is 17.4 Å². The number of rotatable bonds is 2. The molecule has 0 radical (unpaired) electrons. The summed E-state index contributed by atoms with van der Waals surface area (Å²) < 4.78 is 0. The number of benzene rings is 1. The molecule has 3 atom stereocenters. The van der Waals surface area contributed by atoms with Gasteiger partial charge in [-0.1, -0.05) is 13.8 Å². The highest BCUT2D eigenvalue weighted by Crippen LogP contribution is 2.31. The molecule has 0 spiro atoms. The van der Waals surface area contributed by atoms with Crippen LogP contribution in [-0.4, -0.2) is 6.04 Å². The van der Waals surface area contributed by atoms with E-state index in [9.17, 15) is 0 Å². The smallest absolute Gasteiger partial charge is 0.101 e. The molecule has 96 valence electrons. The zero-order chi connectivity index (χ0) is 13.1. The molecule has 0 amide bonds. The van der Waals surface area contributed by atoms with Crippen LogP contribution in [-0.2, 0) is 0 Å². The maximum Gasteiger partial charge on any atom is 0.101 e. The summed E-state index contributed by atoms with van der Waals surface area (Å²) in [6, 6.07) is 8.25. The number of hydrogen-bond acceptors (Lipinski definition) is 3. The van der Waals surface area contributed by atoms with Gasteiger partial charge in [-0.25, -0.2) is 0 Å².